The predicted molar refractivity (Wildman–Crippen MR) is 63.8 cm³/mol. The molecule has 0 radical (unpaired) electrons. The smallest absolute Gasteiger partial charge is 0.0356 e. The molecule has 82 valence electrons. The second-order valence-electron chi connectivity index (χ2n) is 5.42. The highest BCUT2D eigenvalue weighted by Gasteiger charge is 2.37. The molecule has 0 aromatic heterocycles. The molecule has 1 saturated carbocycles. The van der Waals surface area contributed by atoms with Gasteiger partial charge >= 0.3 is 0 Å². The van der Waals surface area contributed by atoms with Crippen molar-refractivity contribution in [3.8, 4) is 0 Å². The van der Waals surface area contributed by atoms with Gasteiger partial charge in [-0.3, -0.25) is 4.90 Å². The molecule has 1 unspecified atom stereocenters. The van der Waals surface area contributed by atoms with Crippen molar-refractivity contribution in [3.05, 3.63) is 22.8 Å². The molecule has 2 aliphatic carbocycles. The van der Waals surface area contributed by atoms with Crippen LogP contribution in [0.4, 0.5) is 0 Å². The van der Waals surface area contributed by atoms with E-state index in [1.54, 1.807) is 16.7 Å². The van der Waals surface area contributed by atoms with Gasteiger partial charge in [-0.1, -0.05) is 11.6 Å². The molecule has 1 nitrogen and oxygen atoms in total. The fourth-order valence-electron chi connectivity index (χ4n) is 3.64. The zero-order valence-electron chi connectivity index (χ0n) is 9.92. The molecule has 0 bridgehead atoms. The van der Waals surface area contributed by atoms with Gasteiger partial charge in [-0.2, -0.15) is 0 Å². The molecule has 3 aliphatic rings. The van der Waals surface area contributed by atoms with E-state index in [4.69, 9.17) is 0 Å². The van der Waals surface area contributed by atoms with E-state index in [0.717, 1.165) is 6.04 Å². The van der Waals surface area contributed by atoms with E-state index in [2.05, 4.69) is 24.8 Å². The van der Waals surface area contributed by atoms with Gasteiger partial charge in [0.25, 0.3) is 0 Å². The second kappa shape index (κ2) is 3.48. The summed E-state index contributed by atoms with van der Waals surface area (Å²) < 4.78 is 0. The highest BCUT2D eigenvalue weighted by Crippen LogP contribution is 2.44. The maximum absolute atomic E-state index is 2.71. The Hall–Kier alpha value is -0.560. The van der Waals surface area contributed by atoms with Crippen molar-refractivity contribution in [2.45, 2.75) is 58.0 Å². The summed E-state index contributed by atoms with van der Waals surface area (Å²) >= 11 is 0. The Balaban J connectivity index is 1.98. The van der Waals surface area contributed by atoms with Crippen LogP contribution in [0.25, 0.3) is 0 Å². The summed E-state index contributed by atoms with van der Waals surface area (Å²) in [7, 11) is 0. The van der Waals surface area contributed by atoms with Gasteiger partial charge in [0.05, 0.1) is 0 Å². The first-order valence-electron chi connectivity index (χ1n) is 6.44. The average molecular weight is 203 g/mol. The summed E-state index contributed by atoms with van der Waals surface area (Å²) in [4.78, 5) is 2.71. The predicted octanol–water partition coefficient (Wildman–Crippen LogP) is 3.28. The Morgan fingerprint density at radius 3 is 2.93 bits per heavy atom. The van der Waals surface area contributed by atoms with Gasteiger partial charge in [-0.25, -0.2) is 0 Å². The molecular formula is C14H21N. The zero-order chi connectivity index (χ0) is 10.4. The third kappa shape index (κ3) is 1.40. The van der Waals surface area contributed by atoms with Crippen LogP contribution in [-0.4, -0.2) is 23.5 Å². The molecule has 1 aliphatic heterocycles. The molecule has 1 atom stereocenters. The molecule has 3 rings (SSSR count). The van der Waals surface area contributed by atoms with Gasteiger partial charge in [0.1, 0.15) is 0 Å². The van der Waals surface area contributed by atoms with Crippen LogP contribution in [0.3, 0.4) is 0 Å². The fraction of sp³-hybridized carbons (Fsp3) is 0.714. The van der Waals surface area contributed by atoms with E-state index >= 15 is 0 Å². The molecule has 15 heavy (non-hydrogen) atoms. The van der Waals surface area contributed by atoms with Crippen LogP contribution >= 0.6 is 0 Å². The lowest BCUT2D eigenvalue weighted by atomic mass is 9.85. The SMILES string of the molecule is CC(C)N1CCC2=C3C(=CCC2)CCC31. The van der Waals surface area contributed by atoms with Gasteiger partial charge in [0, 0.05) is 18.6 Å². The third-order valence-corrected chi connectivity index (χ3v) is 4.32. The van der Waals surface area contributed by atoms with Crippen LogP contribution in [-0.2, 0) is 0 Å². The zero-order valence-corrected chi connectivity index (χ0v) is 9.92. The minimum Gasteiger partial charge on any atom is -0.294 e. The number of hydrogen-bond donors (Lipinski definition) is 0. The second-order valence-corrected chi connectivity index (χ2v) is 5.42. The van der Waals surface area contributed by atoms with E-state index in [1.165, 1.54) is 38.6 Å². The van der Waals surface area contributed by atoms with E-state index in [1.807, 2.05) is 0 Å². The Kier molecular flexibility index (Phi) is 2.24. The first-order valence-corrected chi connectivity index (χ1v) is 6.44. The first kappa shape index (κ1) is 9.65. The quantitative estimate of drug-likeness (QED) is 0.632. The summed E-state index contributed by atoms with van der Waals surface area (Å²) in [6, 6.07) is 1.49. The van der Waals surface area contributed by atoms with Crippen LogP contribution in [0.2, 0.25) is 0 Å². The highest BCUT2D eigenvalue weighted by molar-refractivity contribution is 5.47. The summed E-state index contributed by atoms with van der Waals surface area (Å²) in [5.74, 6) is 0. The molecule has 0 spiro atoms. The molecule has 1 fully saturated rings. The van der Waals surface area contributed by atoms with Crippen molar-refractivity contribution in [3.63, 3.8) is 0 Å². The molecule has 0 N–H and O–H groups in total. The molecular weight excluding hydrogens is 182 g/mol. The summed E-state index contributed by atoms with van der Waals surface area (Å²) in [6.07, 6.45) is 9.21. The van der Waals surface area contributed by atoms with Gasteiger partial charge in [0.15, 0.2) is 0 Å². The van der Waals surface area contributed by atoms with E-state index in [0.29, 0.717) is 6.04 Å². The molecule has 0 aromatic rings. The van der Waals surface area contributed by atoms with Crippen molar-refractivity contribution < 1.29 is 0 Å². The Bertz CT molecular complexity index is 335. The van der Waals surface area contributed by atoms with Crippen molar-refractivity contribution in [1.29, 1.82) is 0 Å². The van der Waals surface area contributed by atoms with Crippen LogP contribution in [0.15, 0.2) is 22.8 Å². The Morgan fingerprint density at radius 1 is 1.27 bits per heavy atom. The summed E-state index contributed by atoms with van der Waals surface area (Å²) in [5.41, 5.74) is 5.26. The number of allylic oxidation sites excluding steroid dienone is 1. The first-order chi connectivity index (χ1) is 7.27. The van der Waals surface area contributed by atoms with Gasteiger partial charge in [0.2, 0.25) is 0 Å². The maximum atomic E-state index is 2.71. The monoisotopic (exact) mass is 203 g/mol. The summed E-state index contributed by atoms with van der Waals surface area (Å²) in [5, 5.41) is 0. The lowest BCUT2D eigenvalue weighted by Crippen LogP contribution is -2.43. The molecule has 1 heteroatoms. The normalized spacial score (nSPS) is 30.9. The Morgan fingerprint density at radius 2 is 2.13 bits per heavy atom. The van der Waals surface area contributed by atoms with Crippen LogP contribution in [0, 0.1) is 0 Å². The average Bonchev–Trinajstić information content (AvgIpc) is 2.65. The van der Waals surface area contributed by atoms with Crippen molar-refractivity contribution in [1.82, 2.24) is 4.90 Å². The number of rotatable bonds is 1. The van der Waals surface area contributed by atoms with Gasteiger partial charge in [-0.05, 0) is 57.1 Å². The van der Waals surface area contributed by atoms with Crippen molar-refractivity contribution in [2.24, 2.45) is 0 Å². The van der Waals surface area contributed by atoms with Crippen molar-refractivity contribution >= 4 is 0 Å². The van der Waals surface area contributed by atoms with E-state index < -0.39 is 0 Å². The summed E-state index contributed by atoms with van der Waals surface area (Å²) in [6.45, 7) is 5.99. The van der Waals surface area contributed by atoms with Crippen LogP contribution < -0.4 is 0 Å². The van der Waals surface area contributed by atoms with Gasteiger partial charge < -0.3 is 0 Å². The fourth-order valence-corrected chi connectivity index (χ4v) is 3.64. The molecule has 0 aromatic carbocycles. The lowest BCUT2D eigenvalue weighted by molar-refractivity contribution is 0.167. The molecule has 0 saturated heterocycles. The number of hydrogen-bond acceptors (Lipinski definition) is 1. The molecule has 0 amide bonds. The number of nitrogens with zero attached hydrogens (tertiary/aromatic N) is 1. The lowest BCUT2D eigenvalue weighted by Gasteiger charge is -2.39. The minimum atomic E-state index is 0.713. The van der Waals surface area contributed by atoms with Crippen LogP contribution in [0.5, 0.6) is 0 Å². The highest BCUT2D eigenvalue weighted by atomic mass is 15.2. The maximum Gasteiger partial charge on any atom is 0.0356 e. The standard InChI is InChI=1S/C14H21N/c1-10(2)15-9-8-12-5-3-4-11-6-7-13(15)14(11)12/h4,10,13H,3,5-9H2,1-2H3. The minimum absolute atomic E-state index is 0.713. The van der Waals surface area contributed by atoms with E-state index in [9.17, 15) is 0 Å². The topological polar surface area (TPSA) is 3.24 Å². The molecule has 1 heterocycles. The van der Waals surface area contributed by atoms with Crippen molar-refractivity contribution in [2.75, 3.05) is 6.54 Å². The third-order valence-electron chi connectivity index (χ3n) is 4.32. The largest absolute Gasteiger partial charge is 0.294 e. The van der Waals surface area contributed by atoms with Crippen LogP contribution in [0.1, 0.15) is 46.0 Å². The van der Waals surface area contributed by atoms with E-state index in [-0.39, 0.29) is 0 Å². The van der Waals surface area contributed by atoms with Gasteiger partial charge in [-0.15, -0.1) is 0 Å². The Labute approximate surface area is 92.8 Å².